The fourth-order valence-electron chi connectivity index (χ4n) is 2.71. The van der Waals surface area contributed by atoms with Gasteiger partial charge in [0.05, 0.1) is 5.69 Å². The first-order valence-corrected chi connectivity index (χ1v) is 8.71. The second-order valence-electron chi connectivity index (χ2n) is 5.95. The van der Waals surface area contributed by atoms with E-state index >= 15 is 0 Å². The lowest BCUT2D eigenvalue weighted by Gasteiger charge is -2.16. The number of ether oxygens (including phenoxy) is 1. The summed E-state index contributed by atoms with van der Waals surface area (Å²) in [4.78, 5) is 11.8. The largest absolute Gasteiger partial charge is 0.489 e. The first kappa shape index (κ1) is 18.1. The summed E-state index contributed by atoms with van der Waals surface area (Å²) in [6, 6.07) is 12.4. The molecule has 2 rings (SSSR count). The molecule has 0 radical (unpaired) electrons. The van der Waals surface area contributed by atoms with Crippen molar-refractivity contribution >= 4 is 11.6 Å². The average molecular weight is 325 g/mol. The second kappa shape index (κ2) is 8.53. The molecule has 24 heavy (non-hydrogen) atoms. The summed E-state index contributed by atoms with van der Waals surface area (Å²) < 4.78 is 6.03. The molecule has 0 aliphatic heterocycles. The normalized spacial score (nSPS) is 10.5. The van der Waals surface area contributed by atoms with Gasteiger partial charge in [0.1, 0.15) is 12.4 Å². The van der Waals surface area contributed by atoms with E-state index in [1.54, 1.807) is 0 Å². The Kier molecular flexibility index (Phi) is 6.42. The minimum atomic E-state index is 0.0284. The molecule has 1 N–H and O–H groups in total. The second-order valence-corrected chi connectivity index (χ2v) is 5.95. The molecule has 0 aliphatic carbocycles. The summed E-state index contributed by atoms with van der Waals surface area (Å²) in [5.74, 6) is 0.919. The molecular weight excluding hydrogens is 298 g/mol. The Bertz CT molecular complexity index is 707. The van der Waals surface area contributed by atoms with Crippen molar-refractivity contribution in [3.05, 3.63) is 58.7 Å². The van der Waals surface area contributed by atoms with Gasteiger partial charge in [0.2, 0.25) is 5.91 Å². The molecule has 1 amide bonds. The number of hydrogen-bond acceptors (Lipinski definition) is 2. The van der Waals surface area contributed by atoms with Gasteiger partial charge in [-0.3, -0.25) is 4.79 Å². The summed E-state index contributed by atoms with van der Waals surface area (Å²) in [7, 11) is 0. The zero-order valence-corrected chi connectivity index (χ0v) is 15.1. The number of carbonyl (C=O) groups is 1. The molecule has 0 heterocycles. The smallest absolute Gasteiger partial charge is 0.224 e. The van der Waals surface area contributed by atoms with E-state index in [0.717, 1.165) is 41.0 Å². The maximum absolute atomic E-state index is 11.8. The molecule has 3 nitrogen and oxygen atoms in total. The van der Waals surface area contributed by atoms with Crippen LogP contribution in [0.5, 0.6) is 5.75 Å². The van der Waals surface area contributed by atoms with Gasteiger partial charge in [-0.05, 0) is 42.5 Å². The first-order chi connectivity index (χ1) is 11.6. The molecule has 0 aliphatic rings. The number of rotatable bonds is 7. The summed E-state index contributed by atoms with van der Waals surface area (Å²) in [5.41, 5.74) is 5.49. The van der Waals surface area contributed by atoms with E-state index in [1.807, 2.05) is 25.1 Å². The van der Waals surface area contributed by atoms with Crippen molar-refractivity contribution in [1.82, 2.24) is 0 Å². The highest BCUT2D eigenvalue weighted by Crippen LogP contribution is 2.26. The van der Waals surface area contributed by atoms with Crippen LogP contribution in [0.2, 0.25) is 0 Å². The zero-order valence-electron chi connectivity index (χ0n) is 15.1. The van der Waals surface area contributed by atoms with Crippen molar-refractivity contribution in [2.45, 2.75) is 53.6 Å². The van der Waals surface area contributed by atoms with Crippen LogP contribution >= 0.6 is 0 Å². The van der Waals surface area contributed by atoms with Crippen LogP contribution < -0.4 is 10.1 Å². The molecule has 0 bridgehead atoms. The standard InChI is InChI=1S/C21H27NO2/c1-5-16-11-12-19(15(4)13-16)24-14-18-10-8-9-17(6-2)21(18)22-20(23)7-3/h8-13H,5-7,14H2,1-4H3,(H,22,23). The Hall–Kier alpha value is -2.29. The van der Waals surface area contributed by atoms with Crippen LogP contribution in [0, 0.1) is 6.92 Å². The Balaban J connectivity index is 2.21. The van der Waals surface area contributed by atoms with Gasteiger partial charge in [-0.2, -0.15) is 0 Å². The zero-order chi connectivity index (χ0) is 17.5. The Morgan fingerprint density at radius 2 is 1.79 bits per heavy atom. The van der Waals surface area contributed by atoms with Crippen LogP contribution in [0.1, 0.15) is 49.4 Å². The lowest BCUT2D eigenvalue weighted by atomic mass is 10.0. The van der Waals surface area contributed by atoms with Crippen LogP contribution in [-0.2, 0) is 24.2 Å². The first-order valence-electron chi connectivity index (χ1n) is 8.71. The maximum atomic E-state index is 11.8. The number of amides is 1. The molecule has 0 saturated carbocycles. The van der Waals surface area contributed by atoms with Crippen molar-refractivity contribution < 1.29 is 9.53 Å². The van der Waals surface area contributed by atoms with E-state index in [9.17, 15) is 4.79 Å². The summed E-state index contributed by atoms with van der Waals surface area (Å²) >= 11 is 0. The Morgan fingerprint density at radius 1 is 1.04 bits per heavy atom. The van der Waals surface area contributed by atoms with Crippen LogP contribution in [0.3, 0.4) is 0 Å². The lowest BCUT2D eigenvalue weighted by molar-refractivity contribution is -0.115. The van der Waals surface area contributed by atoms with Crippen LogP contribution in [-0.4, -0.2) is 5.91 Å². The molecule has 128 valence electrons. The van der Waals surface area contributed by atoms with Crippen molar-refractivity contribution in [2.75, 3.05) is 5.32 Å². The van der Waals surface area contributed by atoms with Gasteiger partial charge < -0.3 is 10.1 Å². The average Bonchev–Trinajstić information content (AvgIpc) is 2.61. The van der Waals surface area contributed by atoms with E-state index in [4.69, 9.17) is 4.74 Å². The number of carbonyl (C=O) groups excluding carboxylic acids is 1. The molecule has 0 aromatic heterocycles. The highest BCUT2D eigenvalue weighted by atomic mass is 16.5. The van der Waals surface area contributed by atoms with Crippen LogP contribution in [0.25, 0.3) is 0 Å². The molecule has 0 saturated heterocycles. The highest BCUT2D eigenvalue weighted by molar-refractivity contribution is 5.92. The van der Waals surface area contributed by atoms with E-state index in [0.29, 0.717) is 13.0 Å². The number of aryl methyl sites for hydroxylation is 3. The maximum Gasteiger partial charge on any atom is 0.224 e. The number of anilines is 1. The highest BCUT2D eigenvalue weighted by Gasteiger charge is 2.11. The van der Waals surface area contributed by atoms with E-state index in [1.165, 1.54) is 5.56 Å². The predicted octanol–water partition coefficient (Wildman–Crippen LogP) is 5.05. The van der Waals surface area contributed by atoms with Gasteiger partial charge >= 0.3 is 0 Å². The molecular formula is C21H27NO2. The number of para-hydroxylation sites is 1. The van der Waals surface area contributed by atoms with Crippen LogP contribution in [0.4, 0.5) is 5.69 Å². The number of hydrogen-bond donors (Lipinski definition) is 1. The van der Waals surface area contributed by atoms with Crippen molar-refractivity contribution in [3.8, 4) is 5.75 Å². The van der Waals surface area contributed by atoms with Crippen molar-refractivity contribution in [1.29, 1.82) is 0 Å². The number of nitrogens with one attached hydrogen (secondary N) is 1. The third kappa shape index (κ3) is 4.38. The fourth-order valence-corrected chi connectivity index (χ4v) is 2.71. The molecule has 2 aromatic rings. The third-order valence-electron chi connectivity index (χ3n) is 4.23. The van der Waals surface area contributed by atoms with Gasteiger partial charge in [-0.15, -0.1) is 0 Å². The third-order valence-corrected chi connectivity index (χ3v) is 4.23. The van der Waals surface area contributed by atoms with E-state index < -0.39 is 0 Å². The Labute approximate surface area is 145 Å². The minimum absolute atomic E-state index is 0.0284. The summed E-state index contributed by atoms with van der Waals surface area (Å²) in [6.07, 6.45) is 2.36. The molecule has 3 heteroatoms. The molecule has 0 fully saturated rings. The van der Waals surface area contributed by atoms with Crippen LogP contribution in [0.15, 0.2) is 36.4 Å². The topological polar surface area (TPSA) is 38.3 Å². The van der Waals surface area contributed by atoms with Crippen molar-refractivity contribution in [2.24, 2.45) is 0 Å². The van der Waals surface area contributed by atoms with Gasteiger partial charge in [-0.25, -0.2) is 0 Å². The molecule has 0 spiro atoms. The van der Waals surface area contributed by atoms with Gasteiger partial charge in [0.25, 0.3) is 0 Å². The van der Waals surface area contributed by atoms with E-state index in [-0.39, 0.29) is 5.91 Å². The SMILES string of the molecule is CCC(=O)Nc1c(CC)cccc1COc1ccc(CC)cc1C. The van der Waals surface area contributed by atoms with Gasteiger partial charge in [-0.1, -0.05) is 51.1 Å². The number of benzene rings is 2. The van der Waals surface area contributed by atoms with E-state index in [2.05, 4.69) is 44.3 Å². The summed E-state index contributed by atoms with van der Waals surface area (Å²) in [6.45, 7) is 8.61. The van der Waals surface area contributed by atoms with Gasteiger partial charge in [0.15, 0.2) is 0 Å². The van der Waals surface area contributed by atoms with Crippen molar-refractivity contribution in [3.63, 3.8) is 0 Å². The molecule has 0 unspecified atom stereocenters. The fraction of sp³-hybridized carbons (Fsp3) is 0.381. The lowest BCUT2D eigenvalue weighted by Crippen LogP contribution is -2.14. The monoisotopic (exact) mass is 325 g/mol. The molecule has 0 atom stereocenters. The quantitative estimate of drug-likeness (QED) is 0.774. The summed E-state index contributed by atoms with van der Waals surface area (Å²) in [5, 5.41) is 3.03. The molecule has 2 aromatic carbocycles. The van der Waals surface area contributed by atoms with Gasteiger partial charge in [0, 0.05) is 12.0 Å². The Morgan fingerprint density at radius 3 is 2.42 bits per heavy atom. The minimum Gasteiger partial charge on any atom is -0.489 e. The predicted molar refractivity (Wildman–Crippen MR) is 99.6 cm³/mol.